The van der Waals surface area contributed by atoms with Gasteiger partial charge in [-0.25, -0.2) is 4.98 Å². The van der Waals surface area contributed by atoms with Gasteiger partial charge in [0.05, 0.1) is 23.7 Å². The van der Waals surface area contributed by atoms with Crippen molar-refractivity contribution >= 4 is 45.7 Å². The lowest BCUT2D eigenvalue weighted by Crippen LogP contribution is -2.25. The largest absolute Gasteiger partial charge is 0.495 e. The first-order valence-electron chi connectivity index (χ1n) is 10.4. The zero-order valence-corrected chi connectivity index (χ0v) is 18.4. The maximum atomic E-state index is 13.0. The zero-order chi connectivity index (χ0) is 22.7. The molecule has 32 heavy (non-hydrogen) atoms. The fraction of sp³-hybridized carbons (Fsp3) is 0.304. The fourth-order valence-corrected chi connectivity index (χ4v) is 3.99. The summed E-state index contributed by atoms with van der Waals surface area (Å²) in [6.07, 6.45) is 3.42. The summed E-state index contributed by atoms with van der Waals surface area (Å²) in [4.78, 5) is 42.3. The highest BCUT2D eigenvalue weighted by molar-refractivity contribution is 6.31. The minimum absolute atomic E-state index is 0.103. The zero-order valence-electron chi connectivity index (χ0n) is 17.6. The molecule has 3 aromatic rings. The Morgan fingerprint density at radius 2 is 1.91 bits per heavy atom. The average molecular weight is 455 g/mol. The van der Waals surface area contributed by atoms with Crippen molar-refractivity contribution in [1.82, 2.24) is 9.55 Å². The molecule has 166 valence electrons. The summed E-state index contributed by atoms with van der Waals surface area (Å²) in [5.74, 6) is 0.219. The van der Waals surface area contributed by atoms with Gasteiger partial charge in [-0.15, -0.1) is 0 Å². The Labute approximate surface area is 189 Å². The molecule has 2 N–H and O–H groups in total. The molecule has 0 radical (unpaired) electrons. The number of amides is 2. The normalized spacial score (nSPS) is 13.2. The van der Waals surface area contributed by atoms with Crippen LogP contribution in [-0.2, 0) is 22.6 Å². The van der Waals surface area contributed by atoms with Crippen LogP contribution in [0.4, 0.5) is 11.4 Å². The van der Waals surface area contributed by atoms with Gasteiger partial charge in [0.15, 0.2) is 0 Å². The third-order valence-corrected chi connectivity index (χ3v) is 5.59. The Morgan fingerprint density at radius 1 is 1.09 bits per heavy atom. The van der Waals surface area contributed by atoms with Gasteiger partial charge in [-0.1, -0.05) is 18.0 Å². The lowest BCUT2D eigenvalue weighted by Gasteiger charge is -2.12. The number of hydrogen-bond acceptors (Lipinski definition) is 5. The second-order valence-electron chi connectivity index (χ2n) is 7.65. The summed E-state index contributed by atoms with van der Waals surface area (Å²) in [5, 5.41) is 6.18. The number of rotatable bonds is 5. The molecule has 1 aromatic heterocycles. The summed E-state index contributed by atoms with van der Waals surface area (Å²) in [6.45, 7) is 0.654. The highest BCUT2D eigenvalue weighted by atomic mass is 35.5. The standard InChI is InChI=1S/C23H23ClN4O4/c1-32-19-9-6-14(24)11-18(19)27-22(30)13-21(29)25-15-7-8-17-16(12-15)23(31)28-10-4-2-3-5-20(28)26-17/h6-9,11-12H,2-5,10,13H2,1H3,(H,25,29)(H,27,30). The average Bonchev–Trinajstić information content (AvgIpc) is 3.00. The minimum atomic E-state index is -0.518. The number of benzene rings is 2. The van der Waals surface area contributed by atoms with Crippen LogP contribution >= 0.6 is 11.6 Å². The van der Waals surface area contributed by atoms with E-state index in [-0.39, 0.29) is 5.56 Å². The van der Waals surface area contributed by atoms with Gasteiger partial charge < -0.3 is 15.4 Å². The number of methoxy groups -OCH3 is 1. The Bertz CT molecular complexity index is 1250. The summed E-state index contributed by atoms with van der Waals surface area (Å²) in [7, 11) is 1.47. The second-order valence-corrected chi connectivity index (χ2v) is 8.08. The van der Waals surface area contributed by atoms with E-state index in [1.165, 1.54) is 7.11 Å². The summed E-state index contributed by atoms with van der Waals surface area (Å²) in [5.41, 5.74) is 1.31. The Morgan fingerprint density at radius 3 is 2.72 bits per heavy atom. The van der Waals surface area contributed by atoms with Crippen molar-refractivity contribution in [1.29, 1.82) is 0 Å². The van der Waals surface area contributed by atoms with Crippen molar-refractivity contribution in [2.45, 2.75) is 38.6 Å². The summed E-state index contributed by atoms with van der Waals surface area (Å²) >= 11 is 5.97. The van der Waals surface area contributed by atoms with Gasteiger partial charge in [0.2, 0.25) is 11.8 Å². The highest BCUT2D eigenvalue weighted by Gasteiger charge is 2.16. The molecule has 0 saturated carbocycles. The number of carbonyl (C=O) groups is 2. The molecular weight excluding hydrogens is 432 g/mol. The Hall–Kier alpha value is -3.39. The second kappa shape index (κ2) is 9.40. The van der Waals surface area contributed by atoms with Crippen LogP contribution in [0.15, 0.2) is 41.2 Å². The van der Waals surface area contributed by atoms with Crippen molar-refractivity contribution in [2.24, 2.45) is 0 Å². The molecule has 0 aliphatic carbocycles. The molecule has 2 heterocycles. The van der Waals surface area contributed by atoms with Gasteiger partial charge in [-0.3, -0.25) is 19.0 Å². The number of fused-ring (bicyclic) bond motifs is 2. The van der Waals surface area contributed by atoms with E-state index in [4.69, 9.17) is 16.3 Å². The lowest BCUT2D eigenvalue weighted by molar-refractivity contribution is -0.123. The third-order valence-electron chi connectivity index (χ3n) is 5.36. The Kier molecular flexibility index (Phi) is 6.41. The molecular formula is C23H23ClN4O4. The van der Waals surface area contributed by atoms with E-state index in [0.717, 1.165) is 31.5 Å². The topological polar surface area (TPSA) is 102 Å². The van der Waals surface area contributed by atoms with E-state index in [2.05, 4.69) is 15.6 Å². The number of nitrogens with zero attached hydrogens (tertiary/aromatic N) is 2. The summed E-state index contributed by atoms with van der Waals surface area (Å²) in [6, 6.07) is 9.81. The molecule has 8 nitrogen and oxygen atoms in total. The first-order chi connectivity index (χ1) is 15.4. The van der Waals surface area contributed by atoms with Crippen molar-refractivity contribution in [2.75, 3.05) is 17.7 Å². The minimum Gasteiger partial charge on any atom is -0.495 e. The number of halogens is 1. The predicted molar refractivity (Wildman–Crippen MR) is 123 cm³/mol. The van der Waals surface area contributed by atoms with Crippen LogP contribution in [-0.4, -0.2) is 28.5 Å². The lowest BCUT2D eigenvalue weighted by atomic mass is 10.2. The molecule has 1 aliphatic rings. The number of aromatic nitrogens is 2. The molecule has 2 amide bonds. The molecule has 9 heteroatoms. The number of ether oxygens (including phenoxy) is 1. The van der Waals surface area contributed by atoms with Crippen LogP contribution in [0, 0.1) is 0 Å². The molecule has 0 unspecified atom stereocenters. The molecule has 2 aromatic carbocycles. The monoisotopic (exact) mass is 454 g/mol. The van der Waals surface area contributed by atoms with E-state index in [1.54, 1.807) is 41.0 Å². The van der Waals surface area contributed by atoms with Gasteiger partial charge in [0.1, 0.15) is 18.0 Å². The highest BCUT2D eigenvalue weighted by Crippen LogP contribution is 2.27. The van der Waals surface area contributed by atoms with Crippen LogP contribution in [0.3, 0.4) is 0 Å². The predicted octanol–water partition coefficient (Wildman–Crippen LogP) is 3.75. The van der Waals surface area contributed by atoms with Crippen molar-refractivity contribution in [3.63, 3.8) is 0 Å². The van der Waals surface area contributed by atoms with Crippen LogP contribution in [0.25, 0.3) is 10.9 Å². The van der Waals surface area contributed by atoms with E-state index in [9.17, 15) is 14.4 Å². The SMILES string of the molecule is COc1ccc(Cl)cc1NC(=O)CC(=O)Nc1ccc2nc3n(c(=O)c2c1)CCCCC3. The number of anilines is 2. The number of carbonyl (C=O) groups excluding carboxylic acids is 2. The van der Waals surface area contributed by atoms with Crippen molar-refractivity contribution in [3.8, 4) is 5.75 Å². The van der Waals surface area contributed by atoms with E-state index >= 15 is 0 Å². The maximum absolute atomic E-state index is 13.0. The molecule has 0 saturated heterocycles. The van der Waals surface area contributed by atoms with Crippen LogP contribution < -0.4 is 20.9 Å². The quantitative estimate of drug-likeness (QED) is 0.571. The molecule has 0 atom stereocenters. The Balaban J connectivity index is 1.48. The van der Waals surface area contributed by atoms with Crippen molar-refractivity contribution in [3.05, 3.63) is 57.6 Å². The van der Waals surface area contributed by atoms with Gasteiger partial charge in [-0.2, -0.15) is 0 Å². The van der Waals surface area contributed by atoms with Gasteiger partial charge in [-0.05, 0) is 49.2 Å². The van der Waals surface area contributed by atoms with E-state index in [1.807, 2.05) is 0 Å². The molecule has 4 rings (SSSR count). The number of nitrogens with one attached hydrogen (secondary N) is 2. The third kappa shape index (κ3) is 4.75. The maximum Gasteiger partial charge on any atom is 0.261 e. The number of hydrogen-bond donors (Lipinski definition) is 2. The van der Waals surface area contributed by atoms with Gasteiger partial charge >= 0.3 is 0 Å². The van der Waals surface area contributed by atoms with Gasteiger partial charge in [0, 0.05) is 23.7 Å². The van der Waals surface area contributed by atoms with E-state index < -0.39 is 18.2 Å². The van der Waals surface area contributed by atoms with E-state index in [0.29, 0.717) is 39.6 Å². The van der Waals surface area contributed by atoms with Gasteiger partial charge in [0.25, 0.3) is 5.56 Å². The first-order valence-corrected chi connectivity index (χ1v) is 10.8. The first kappa shape index (κ1) is 21.8. The van der Waals surface area contributed by atoms with Crippen LogP contribution in [0.1, 0.15) is 31.5 Å². The molecule has 0 bridgehead atoms. The smallest absolute Gasteiger partial charge is 0.261 e. The molecule has 0 spiro atoms. The van der Waals surface area contributed by atoms with Crippen LogP contribution in [0.5, 0.6) is 5.75 Å². The number of aryl methyl sites for hydroxylation is 1. The molecule has 0 fully saturated rings. The molecule has 1 aliphatic heterocycles. The fourth-order valence-electron chi connectivity index (χ4n) is 3.82. The van der Waals surface area contributed by atoms with Crippen molar-refractivity contribution < 1.29 is 14.3 Å². The van der Waals surface area contributed by atoms with Crippen LogP contribution in [0.2, 0.25) is 5.02 Å². The summed E-state index contributed by atoms with van der Waals surface area (Å²) < 4.78 is 6.92.